The number of carbonyl (C=O) groups excluding carboxylic acids is 2. The third kappa shape index (κ3) is 2.54. The molecule has 2 bridgehead atoms. The van der Waals surface area contributed by atoms with Crippen molar-refractivity contribution in [3.8, 4) is 0 Å². The van der Waals surface area contributed by atoms with E-state index in [1.54, 1.807) is 0 Å². The van der Waals surface area contributed by atoms with E-state index in [0.29, 0.717) is 18.4 Å². The minimum atomic E-state index is -1.22. The first kappa shape index (κ1) is 22.0. The molecule has 168 valence electrons. The zero-order valence-electron chi connectivity index (χ0n) is 19.3. The largest absolute Gasteiger partial charge is 0.461 e. The van der Waals surface area contributed by atoms with Gasteiger partial charge in [-0.3, -0.25) is 9.59 Å². The Morgan fingerprint density at radius 3 is 2.33 bits per heavy atom. The zero-order valence-corrected chi connectivity index (χ0v) is 19.3. The van der Waals surface area contributed by atoms with Gasteiger partial charge < -0.3 is 14.9 Å². The number of carbonyl (C=O) groups is 2. The van der Waals surface area contributed by atoms with Gasteiger partial charge in [0, 0.05) is 11.3 Å². The minimum Gasteiger partial charge on any atom is -0.461 e. The first-order valence-electron chi connectivity index (χ1n) is 11.5. The van der Waals surface area contributed by atoms with E-state index in [1.165, 1.54) is 0 Å². The van der Waals surface area contributed by atoms with Crippen molar-refractivity contribution in [2.45, 2.75) is 92.0 Å². The molecule has 0 aromatic heterocycles. The average Bonchev–Trinajstić information content (AvgIpc) is 2.74. The van der Waals surface area contributed by atoms with Crippen LogP contribution in [0.4, 0.5) is 0 Å². The van der Waals surface area contributed by atoms with Crippen molar-refractivity contribution in [2.24, 2.45) is 39.4 Å². The van der Waals surface area contributed by atoms with Gasteiger partial charge in [-0.15, -0.1) is 0 Å². The molecule has 0 aliphatic heterocycles. The van der Waals surface area contributed by atoms with Gasteiger partial charge in [0.2, 0.25) is 0 Å². The standard InChI is InChI=1S/C25H38O5/c1-13-14-8-9-15-24(7)16(12-17(26)25(15,19(13)27)20(14)28)23(5,6)11-10-18(24)30-21(29)22(2,3)4/h14-18,20,26,28H,1,8-12H2,2-7H3/t14-,15-,16+,17+,18-,20+,24-,25-/m0/s1. The van der Waals surface area contributed by atoms with Gasteiger partial charge in [0.15, 0.2) is 5.78 Å². The fourth-order valence-electron chi connectivity index (χ4n) is 7.80. The highest BCUT2D eigenvalue weighted by atomic mass is 16.5. The summed E-state index contributed by atoms with van der Waals surface area (Å²) in [6.45, 7) is 16.2. The molecular formula is C25H38O5. The summed E-state index contributed by atoms with van der Waals surface area (Å²) in [5, 5.41) is 22.7. The lowest BCUT2D eigenvalue weighted by Gasteiger charge is -2.66. The molecule has 30 heavy (non-hydrogen) atoms. The number of ether oxygens (including phenoxy) is 1. The van der Waals surface area contributed by atoms with E-state index < -0.39 is 28.5 Å². The summed E-state index contributed by atoms with van der Waals surface area (Å²) in [7, 11) is 0. The summed E-state index contributed by atoms with van der Waals surface area (Å²) in [5.74, 6) is -0.819. The summed E-state index contributed by atoms with van der Waals surface area (Å²) in [6, 6.07) is 0. The van der Waals surface area contributed by atoms with Crippen molar-refractivity contribution >= 4 is 11.8 Å². The smallest absolute Gasteiger partial charge is 0.311 e. The van der Waals surface area contributed by atoms with Gasteiger partial charge in [-0.2, -0.15) is 0 Å². The second-order valence-corrected chi connectivity index (χ2v) is 12.3. The summed E-state index contributed by atoms with van der Waals surface area (Å²) < 4.78 is 6.17. The zero-order chi connectivity index (χ0) is 22.4. The highest BCUT2D eigenvalue weighted by Gasteiger charge is 2.75. The normalized spacial score (nSPS) is 47.5. The molecule has 0 unspecified atom stereocenters. The van der Waals surface area contributed by atoms with Crippen LogP contribution in [0.1, 0.15) is 73.6 Å². The number of hydrogen-bond acceptors (Lipinski definition) is 5. The summed E-state index contributed by atoms with van der Waals surface area (Å²) >= 11 is 0. The number of ketones is 1. The van der Waals surface area contributed by atoms with Crippen LogP contribution in [0.2, 0.25) is 0 Å². The molecule has 0 radical (unpaired) electrons. The van der Waals surface area contributed by atoms with Crippen LogP contribution in [0.25, 0.3) is 0 Å². The van der Waals surface area contributed by atoms with Crippen molar-refractivity contribution in [2.75, 3.05) is 0 Å². The number of rotatable bonds is 1. The molecule has 4 aliphatic rings. The maximum atomic E-state index is 13.5. The minimum absolute atomic E-state index is 0.0531. The maximum absolute atomic E-state index is 13.5. The first-order chi connectivity index (χ1) is 13.7. The summed E-state index contributed by atoms with van der Waals surface area (Å²) in [6.07, 6.45) is 1.35. The Kier molecular flexibility index (Phi) is 4.70. The van der Waals surface area contributed by atoms with Gasteiger partial charge in [0.25, 0.3) is 0 Å². The molecule has 4 rings (SSSR count). The van der Waals surface area contributed by atoms with Crippen LogP contribution in [-0.4, -0.2) is 40.3 Å². The number of Topliss-reactive ketones (excluding diaryl/α,β-unsaturated/α-hetero) is 1. The third-order valence-corrected chi connectivity index (χ3v) is 9.41. The van der Waals surface area contributed by atoms with Gasteiger partial charge in [0.05, 0.1) is 23.0 Å². The van der Waals surface area contributed by atoms with Gasteiger partial charge >= 0.3 is 5.97 Å². The fourth-order valence-corrected chi connectivity index (χ4v) is 7.80. The second kappa shape index (κ2) is 6.41. The number of aliphatic hydroxyl groups is 2. The molecule has 8 atom stereocenters. The molecule has 0 aromatic carbocycles. The molecule has 4 saturated carbocycles. The van der Waals surface area contributed by atoms with Crippen LogP contribution in [-0.2, 0) is 14.3 Å². The van der Waals surface area contributed by atoms with Crippen molar-refractivity contribution in [3.05, 3.63) is 12.2 Å². The monoisotopic (exact) mass is 418 g/mol. The lowest BCUT2D eigenvalue weighted by atomic mass is 9.39. The van der Waals surface area contributed by atoms with Crippen molar-refractivity contribution in [1.82, 2.24) is 0 Å². The van der Waals surface area contributed by atoms with E-state index in [0.717, 1.165) is 19.3 Å². The molecule has 0 aromatic rings. The molecular weight excluding hydrogens is 380 g/mol. The van der Waals surface area contributed by atoms with Crippen LogP contribution in [0.5, 0.6) is 0 Å². The lowest BCUT2D eigenvalue weighted by molar-refractivity contribution is -0.257. The van der Waals surface area contributed by atoms with E-state index in [9.17, 15) is 19.8 Å². The SMILES string of the molecule is C=C1C(=O)[C@@]23[C@H](O)C[C@@H]4C(C)(C)CC[C@H](OC(=O)C(C)(C)C)[C@@]4(C)[C@@H]2CC[C@@H]1[C@H]3O. The van der Waals surface area contributed by atoms with Gasteiger partial charge in [-0.1, -0.05) is 27.4 Å². The molecule has 4 aliphatic carbocycles. The Labute approximate surface area is 180 Å². The van der Waals surface area contributed by atoms with Crippen molar-refractivity contribution < 1.29 is 24.5 Å². The number of aliphatic hydroxyl groups excluding tert-OH is 2. The number of fused-ring (bicyclic) bond motifs is 3. The van der Waals surface area contributed by atoms with Crippen LogP contribution >= 0.6 is 0 Å². The molecule has 5 nitrogen and oxygen atoms in total. The predicted octanol–water partition coefficient (Wildman–Crippen LogP) is 3.66. The van der Waals surface area contributed by atoms with Crippen LogP contribution < -0.4 is 0 Å². The van der Waals surface area contributed by atoms with Crippen LogP contribution in [0.3, 0.4) is 0 Å². The van der Waals surface area contributed by atoms with Crippen LogP contribution in [0, 0.1) is 39.4 Å². The van der Waals surface area contributed by atoms with E-state index in [1.807, 2.05) is 20.8 Å². The quantitative estimate of drug-likeness (QED) is 0.501. The lowest BCUT2D eigenvalue weighted by Crippen LogP contribution is -2.70. The summed E-state index contributed by atoms with van der Waals surface area (Å²) in [5.41, 5.74) is -1.91. The Balaban J connectivity index is 1.84. The first-order valence-corrected chi connectivity index (χ1v) is 11.5. The average molecular weight is 419 g/mol. The molecule has 2 N–H and O–H groups in total. The molecule has 5 heteroatoms. The predicted molar refractivity (Wildman–Crippen MR) is 113 cm³/mol. The second-order valence-electron chi connectivity index (χ2n) is 12.3. The molecule has 0 heterocycles. The number of hydrogen-bond donors (Lipinski definition) is 2. The maximum Gasteiger partial charge on any atom is 0.311 e. The Morgan fingerprint density at radius 1 is 1.10 bits per heavy atom. The van der Waals surface area contributed by atoms with Crippen LogP contribution in [0.15, 0.2) is 12.2 Å². The van der Waals surface area contributed by atoms with Gasteiger partial charge in [-0.25, -0.2) is 0 Å². The highest BCUT2D eigenvalue weighted by molar-refractivity contribution is 6.04. The Bertz CT molecular complexity index is 792. The van der Waals surface area contributed by atoms with E-state index in [4.69, 9.17) is 4.74 Å². The van der Waals surface area contributed by atoms with E-state index in [-0.39, 0.29) is 41.0 Å². The fraction of sp³-hybridized carbons (Fsp3) is 0.840. The molecule has 1 spiro atoms. The van der Waals surface area contributed by atoms with Gasteiger partial charge in [0.1, 0.15) is 6.10 Å². The van der Waals surface area contributed by atoms with E-state index >= 15 is 0 Å². The Morgan fingerprint density at radius 2 is 1.73 bits per heavy atom. The van der Waals surface area contributed by atoms with Gasteiger partial charge in [-0.05, 0) is 75.7 Å². The topological polar surface area (TPSA) is 83.8 Å². The third-order valence-electron chi connectivity index (χ3n) is 9.41. The number of esters is 1. The van der Waals surface area contributed by atoms with Crippen molar-refractivity contribution in [1.29, 1.82) is 0 Å². The Hall–Kier alpha value is -1.20. The molecule has 4 fully saturated rings. The summed E-state index contributed by atoms with van der Waals surface area (Å²) in [4.78, 5) is 26.4. The van der Waals surface area contributed by atoms with Crippen molar-refractivity contribution in [3.63, 3.8) is 0 Å². The molecule has 0 amide bonds. The van der Waals surface area contributed by atoms with E-state index in [2.05, 4.69) is 27.4 Å². The highest BCUT2D eigenvalue weighted by Crippen LogP contribution is 2.71. The molecule has 0 saturated heterocycles.